The van der Waals surface area contributed by atoms with Crippen LogP contribution in [0.5, 0.6) is 0 Å². The van der Waals surface area contributed by atoms with Crippen LogP contribution in [0.1, 0.15) is 149 Å². The molecule has 5 N–H and O–H groups in total. The lowest BCUT2D eigenvalue weighted by Gasteiger charge is -2.27. The third-order valence-corrected chi connectivity index (χ3v) is 7.07. The van der Waals surface area contributed by atoms with Gasteiger partial charge in [0.25, 0.3) is 0 Å². The molecule has 0 radical (unpaired) electrons. The van der Waals surface area contributed by atoms with Gasteiger partial charge in [-0.25, -0.2) is 0 Å². The fourth-order valence-corrected chi connectivity index (χ4v) is 4.56. The van der Waals surface area contributed by atoms with Crippen LogP contribution in [-0.2, 0) is 4.79 Å². The van der Waals surface area contributed by atoms with Crippen molar-refractivity contribution in [3.8, 4) is 0 Å². The van der Waals surface area contributed by atoms with E-state index in [1.54, 1.807) is 0 Å². The highest BCUT2D eigenvalue weighted by Crippen LogP contribution is 2.15. The second-order valence-corrected chi connectivity index (χ2v) is 10.5. The fourth-order valence-electron chi connectivity index (χ4n) is 4.56. The standard InChI is InChI=1S/C29H59NO5/c1-3-5-7-8-9-10-11-12-13-14-15-16-17-18-19-20-21-23-27(33)29(35)30-25(24-31)28(34)26(32)22-6-4-2/h25-28,31-34H,3-24H2,1-2H3,(H,30,35). The molecule has 0 aromatic heterocycles. The van der Waals surface area contributed by atoms with E-state index in [1.807, 2.05) is 6.92 Å². The number of carbonyl (C=O) groups is 1. The first-order chi connectivity index (χ1) is 17.0. The van der Waals surface area contributed by atoms with E-state index < -0.39 is 36.9 Å². The number of nitrogens with one attached hydrogen (secondary N) is 1. The molecule has 1 amide bonds. The van der Waals surface area contributed by atoms with Crippen LogP contribution in [0.25, 0.3) is 0 Å². The Morgan fingerprint density at radius 3 is 1.40 bits per heavy atom. The van der Waals surface area contributed by atoms with Crippen LogP contribution in [-0.4, -0.2) is 57.3 Å². The Bertz CT molecular complexity index is 462. The maximum Gasteiger partial charge on any atom is 0.249 e. The number of unbranched alkanes of at least 4 members (excludes halogenated alkanes) is 17. The maximum atomic E-state index is 12.2. The molecule has 0 saturated heterocycles. The topological polar surface area (TPSA) is 110 Å². The number of carbonyl (C=O) groups excluding carboxylic acids is 1. The first-order valence-corrected chi connectivity index (χ1v) is 14.9. The average Bonchev–Trinajstić information content (AvgIpc) is 2.86. The van der Waals surface area contributed by atoms with Crippen molar-refractivity contribution in [2.75, 3.05) is 6.61 Å². The molecule has 6 nitrogen and oxygen atoms in total. The first-order valence-electron chi connectivity index (χ1n) is 14.9. The molecule has 0 fully saturated rings. The lowest BCUT2D eigenvalue weighted by Crippen LogP contribution is -2.53. The molecule has 0 bridgehead atoms. The van der Waals surface area contributed by atoms with Crippen molar-refractivity contribution >= 4 is 5.91 Å². The van der Waals surface area contributed by atoms with Crippen molar-refractivity contribution < 1.29 is 25.2 Å². The number of amides is 1. The number of hydrogen-bond donors (Lipinski definition) is 5. The van der Waals surface area contributed by atoms with Crippen LogP contribution < -0.4 is 5.32 Å². The van der Waals surface area contributed by atoms with Gasteiger partial charge in [0.15, 0.2) is 0 Å². The van der Waals surface area contributed by atoms with Gasteiger partial charge in [-0.1, -0.05) is 136 Å². The van der Waals surface area contributed by atoms with E-state index in [0.29, 0.717) is 12.8 Å². The highest BCUT2D eigenvalue weighted by Gasteiger charge is 2.28. The summed E-state index contributed by atoms with van der Waals surface area (Å²) in [5, 5.41) is 42.2. The van der Waals surface area contributed by atoms with Crippen molar-refractivity contribution in [3.05, 3.63) is 0 Å². The minimum atomic E-state index is -1.25. The Morgan fingerprint density at radius 2 is 1.00 bits per heavy atom. The maximum absolute atomic E-state index is 12.2. The summed E-state index contributed by atoms with van der Waals surface area (Å²) in [6.07, 6.45) is 20.9. The summed E-state index contributed by atoms with van der Waals surface area (Å²) in [7, 11) is 0. The van der Waals surface area contributed by atoms with Gasteiger partial charge < -0.3 is 25.7 Å². The molecular weight excluding hydrogens is 442 g/mol. The number of aliphatic hydroxyl groups is 4. The molecule has 0 saturated carbocycles. The molecule has 6 heteroatoms. The van der Waals surface area contributed by atoms with Crippen LogP contribution >= 0.6 is 0 Å². The molecule has 0 aromatic rings. The summed E-state index contributed by atoms with van der Waals surface area (Å²) in [4.78, 5) is 12.2. The van der Waals surface area contributed by atoms with Crippen molar-refractivity contribution in [2.24, 2.45) is 0 Å². The van der Waals surface area contributed by atoms with E-state index in [0.717, 1.165) is 32.1 Å². The fraction of sp³-hybridized carbons (Fsp3) is 0.966. The van der Waals surface area contributed by atoms with Crippen molar-refractivity contribution in [2.45, 2.75) is 173 Å². The zero-order valence-electron chi connectivity index (χ0n) is 23.1. The first kappa shape index (κ1) is 34.3. The molecule has 4 unspecified atom stereocenters. The summed E-state index contributed by atoms with van der Waals surface area (Å²) >= 11 is 0. The second-order valence-electron chi connectivity index (χ2n) is 10.5. The Hall–Kier alpha value is -0.690. The Kier molecular flexibility index (Phi) is 24.5. The van der Waals surface area contributed by atoms with Gasteiger partial charge in [-0.2, -0.15) is 0 Å². The summed E-state index contributed by atoms with van der Waals surface area (Å²) < 4.78 is 0. The summed E-state index contributed by atoms with van der Waals surface area (Å²) in [5.74, 6) is -0.595. The monoisotopic (exact) mass is 501 g/mol. The highest BCUT2D eigenvalue weighted by molar-refractivity contribution is 5.80. The van der Waals surface area contributed by atoms with Gasteiger partial charge in [0, 0.05) is 0 Å². The van der Waals surface area contributed by atoms with E-state index >= 15 is 0 Å². The molecule has 210 valence electrons. The third-order valence-electron chi connectivity index (χ3n) is 7.07. The van der Waals surface area contributed by atoms with Crippen molar-refractivity contribution in [3.63, 3.8) is 0 Å². The Balaban J connectivity index is 3.63. The smallest absolute Gasteiger partial charge is 0.249 e. The molecule has 0 aromatic carbocycles. The molecule has 0 aliphatic heterocycles. The number of hydrogen-bond acceptors (Lipinski definition) is 5. The van der Waals surface area contributed by atoms with E-state index in [9.17, 15) is 25.2 Å². The van der Waals surface area contributed by atoms with Crippen molar-refractivity contribution in [1.29, 1.82) is 0 Å². The largest absolute Gasteiger partial charge is 0.394 e. The van der Waals surface area contributed by atoms with Gasteiger partial charge in [-0.3, -0.25) is 4.79 Å². The van der Waals surface area contributed by atoms with Crippen LogP contribution in [0.15, 0.2) is 0 Å². The van der Waals surface area contributed by atoms with Gasteiger partial charge in [-0.05, 0) is 12.8 Å². The SMILES string of the molecule is CCCCCCCCCCCCCCCCCCCC(O)C(=O)NC(CO)C(O)C(O)CCCC. The van der Waals surface area contributed by atoms with Gasteiger partial charge in [-0.15, -0.1) is 0 Å². The Labute approximate surface area is 216 Å². The van der Waals surface area contributed by atoms with Gasteiger partial charge in [0.2, 0.25) is 5.91 Å². The van der Waals surface area contributed by atoms with Gasteiger partial charge in [0.05, 0.1) is 18.8 Å². The third kappa shape index (κ3) is 20.1. The number of aliphatic hydroxyl groups excluding tert-OH is 4. The summed E-state index contributed by atoms with van der Waals surface area (Å²) in [5.41, 5.74) is 0. The minimum Gasteiger partial charge on any atom is -0.394 e. The zero-order valence-corrected chi connectivity index (χ0v) is 23.1. The Morgan fingerprint density at radius 1 is 0.600 bits per heavy atom. The van der Waals surface area contributed by atoms with Crippen LogP contribution in [0, 0.1) is 0 Å². The predicted molar refractivity (Wildman–Crippen MR) is 145 cm³/mol. The molecule has 0 rings (SSSR count). The lowest BCUT2D eigenvalue weighted by atomic mass is 10.0. The normalized spacial score (nSPS) is 15.0. The lowest BCUT2D eigenvalue weighted by molar-refractivity contribution is -0.132. The van der Waals surface area contributed by atoms with E-state index in [-0.39, 0.29) is 0 Å². The molecule has 0 aliphatic carbocycles. The quantitative estimate of drug-likeness (QED) is 0.0965. The summed E-state index contributed by atoms with van der Waals surface area (Å²) in [6, 6.07) is -0.973. The molecule has 35 heavy (non-hydrogen) atoms. The summed E-state index contributed by atoms with van der Waals surface area (Å²) in [6.45, 7) is 3.77. The molecule has 0 aliphatic rings. The van der Waals surface area contributed by atoms with E-state index in [2.05, 4.69) is 12.2 Å². The van der Waals surface area contributed by atoms with Crippen molar-refractivity contribution in [1.82, 2.24) is 5.32 Å². The highest BCUT2D eigenvalue weighted by atomic mass is 16.3. The van der Waals surface area contributed by atoms with Crippen LogP contribution in [0.4, 0.5) is 0 Å². The van der Waals surface area contributed by atoms with Crippen LogP contribution in [0.2, 0.25) is 0 Å². The second kappa shape index (κ2) is 25.0. The molecule has 4 atom stereocenters. The molecule has 0 spiro atoms. The zero-order chi connectivity index (χ0) is 26.2. The molecule has 0 heterocycles. The van der Waals surface area contributed by atoms with Crippen LogP contribution in [0.3, 0.4) is 0 Å². The van der Waals surface area contributed by atoms with Gasteiger partial charge >= 0.3 is 0 Å². The van der Waals surface area contributed by atoms with Gasteiger partial charge in [0.1, 0.15) is 12.2 Å². The number of rotatable bonds is 26. The van der Waals surface area contributed by atoms with E-state index in [1.165, 1.54) is 89.9 Å². The average molecular weight is 502 g/mol. The predicted octanol–water partition coefficient (Wildman–Crippen LogP) is 5.78. The van der Waals surface area contributed by atoms with E-state index in [4.69, 9.17) is 0 Å². The minimum absolute atomic E-state index is 0.372. The molecular formula is C29H59NO5.